The molecule has 0 aliphatic carbocycles. The van der Waals surface area contributed by atoms with Gasteiger partial charge in [-0.25, -0.2) is 0 Å². The summed E-state index contributed by atoms with van der Waals surface area (Å²) < 4.78 is 48.6. The smallest absolute Gasteiger partial charge is 0.483 e. The predicted octanol–water partition coefficient (Wildman–Crippen LogP) is 3.56. The third-order valence-corrected chi connectivity index (χ3v) is 4.25. The Hall–Kier alpha value is -2.75. The second-order valence-electron chi connectivity index (χ2n) is 6.11. The van der Waals surface area contributed by atoms with Crippen molar-refractivity contribution in [3.05, 3.63) is 29.4 Å². The van der Waals surface area contributed by atoms with Crippen LogP contribution < -0.4 is 14.4 Å². The maximum absolute atomic E-state index is 12.5. The van der Waals surface area contributed by atoms with Gasteiger partial charge in [0.25, 0.3) is 0 Å². The standard InChI is InChI=1S/C16H13ClF3N5O2/c1-8-7-24(2)11-12(26-8)15-22-21-14(25(15)23-13(11)17)9-4-3-5-10(6-9)27-16(18,19)20/h3-6,8H,7H2,1-2H3. The highest BCUT2D eigenvalue weighted by Crippen LogP contribution is 2.41. The molecule has 1 aliphatic heterocycles. The van der Waals surface area contributed by atoms with Crippen LogP contribution >= 0.6 is 11.6 Å². The Morgan fingerprint density at radius 2 is 2.07 bits per heavy atom. The first-order valence-electron chi connectivity index (χ1n) is 7.92. The number of rotatable bonds is 2. The second-order valence-corrected chi connectivity index (χ2v) is 6.47. The fourth-order valence-corrected chi connectivity index (χ4v) is 3.32. The molecule has 1 atom stereocenters. The molecule has 2 aromatic heterocycles. The molecule has 1 aromatic carbocycles. The van der Waals surface area contributed by atoms with Gasteiger partial charge in [-0.3, -0.25) is 0 Å². The van der Waals surface area contributed by atoms with E-state index in [-0.39, 0.29) is 22.8 Å². The van der Waals surface area contributed by atoms with Crippen molar-refractivity contribution in [2.75, 3.05) is 18.5 Å². The molecular weight excluding hydrogens is 387 g/mol. The molecule has 0 bridgehead atoms. The average Bonchev–Trinajstić information content (AvgIpc) is 2.96. The fourth-order valence-electron chi connectivity index (χ4n) is 3.02. The molecule has 7 nitrogen and oxygen atoms in total. The van der Waals surface area contributed by atoms with Gasteiger partial charge in [-0.05, 0) is 19.1 Å². The van der Waals surface area contributed by atoms with Crippen LogP contribution in [0.15, 0.2) is 24.3 Å². The van der Waals surface area contributed by atoms with Crippen LogP contribution in [-0.2, 0) is 0 Å². The Labute approximate surface area is 156 Å². The largest absolute Gasteiger partial charge is 0.573 e. The Morgan fingerprint density at radius 1 is 1.30 bits per heavy atom. The lowest BCUT2D eigenvalue weighted by Gasteiger charge is -2.32. The quantitative estimate of drug-likeness (QED) is 0.656. The highest BCUT2D eigenvalue weighted by molar-refractivity contribution is 6.32. The summed E-state index contributed by atoms with van der Waals surface area (Å²) in [7, 11) is 1.86. The fraction of sp³-hybridized carbons (Fsp3) is 0.312. The van der Waals surface area contributed by atoms with E-state index in [9.17, 15) is 13.2 Å². The summed E-state index contributed by atoms with van der Waals surface area (Å²) in [6.07, 6.45) is -4.89. The number of halogens is 4. The lowest BCUT2D eigenvalue weighted by Crippen LogP contribution is -2.36. The molecule has 3 aromatic rings. The summed E-state index contributed by atoms with van der Waals surface area (Å²) in [4.78, 5) is 1.91. The van der Waals surface area contributed by atoms with E-state index >= 15 is 0 Å². The van der Waals surface area contributed by atoms with E-state index < -0.39 is 6.36 Å². The van der Waals surface area contributed by atoms with Gasteiger partial charge in [0.15, 0.2) is 16.7 Å². The molecule has 0 spiro atoms. The van der Waals surface area contributed by atoms with Gasteiger partial charge in [0, 0.05) is 12.6 Å². The number of ether oxygens (including phenoxy) is 2. The molecule has 142 valence electrons. The lowest BCUT2D eigenvalue weighted by atomic mass is 10.2. The van der Waals surface area contributed by atoms with Crippen molar-refractivity contribution >= 4 is 22.9 Å². The summed E-state index contributed by atoms with van der Waals surface area (Å²) in [5, 5.41) is 12.6. The molecule has 0 saturated carbocycles. The number of likely N-dealkylation sites (N-methyl/N-ethyl adjacent to an activating group) is 1. The SMILES string of the molecule is CC1CN(C)c2c(Cl)nn3c(-c4cccc(OC(F)(F)F)c4)nnc3c2O1. The van der Waals surface area contributed by atoms with Crippen LogP contribution in [0.2, 0.25) is 5.15 Å². The van der Waals surface area contributed by atoms with Crippen LogP contribution in [0.1, 0.15) is 6.92 Å². The van der Waals surface area contributed by atoms with Gasteiger partial charge >= 0.3 is 6.36 Å². The molecule has 11 heteroatoms. The van der Waals surface area contributed by atoms with Gasteiger partial charge in [-0.2, -0.15) is 4.52 Å². The Balaban J connectivity index is 1.84. The topological polar surface area (TPSA) is 64.8 Å². The summed E-state index contributed by atoms with van der Waals surface area (Å²) >= 11 is 6.32. The molecule has 0 fully saturated rings. The monoisotopic (exact) mass is 399 g/mol. The van der Waals surface area contributed by atoms with Crippen LogP contribution in [0.4, 0.5) is 18.9 Å². The predicted molar refractivity (Wildman–Crippen MR) is 91.3 cm³/mol. The molecule has 0 N–H and O–H groups in total. The Kier molecular flexibility index (Phi) is 4.02. The first-order valence-corrected chi connectivity index (χ1v) is 8.29. The van der Waals surface area contributed by atoms with Gasteiger partial charge < -0.3 is 14.4 Å². The van der Waals surface area contributed by atoms with Crippen molar-refractivity contribution in [2.45, 2.75) is 19.4 Å². The molecule has 0 amide bonds. The van der Waals surface area contributed by atoms with Crippen molar-refractivity contribution in [3.8, 4) is 22.9 Å². The highest BCUT2D eigenvalue weighted by atomic mass is 35.5. The molecule has 3 heterocycles. The van der Waals surface area contributed by atoms with E-state index in [0.717, 1.165) is 0 Å². The van der Waals surface area contributed by atoms with Crippen LogP contribution in [0.3, 0.4) is 0 Å². The van der Waals surface area contributed by atoms with Crippen molar-refractivity contribution in [1.82, 2.24) is 19.8 Å². The van der Waals surface area contributed by atoms with Crippen LogP contribution in [0.5, 0.6) is 11.5 Å². The first-order chi connectivity index (χ1) is 12.7. The van der Waals surface area contributed by atoms with Gasteiger partial charge in [0.05, 0.1) is 6.54 Å². The second kappa shape index (κ2) is 6.15. The normalized spacial score (nSPS) is 17.0. The Morgan fingerprint density at radius 3 is 2.81 bits per heavy atom. The molecular formula is C16H13ClF3N5O2. The minimum Gasteiger partial charge on any atom is -0.483 e. The van der Waals surface area contributed by atoms with Gasteiger partial charge in [-0.15, -0.1) is 28.5 Å². The van der Waals surface area contributed by atoms with Crippen molar-refractivity contribution in [1.29, 1.82) is 0 Å². The number of hydrogen-bond acceptors (Lipinski definition) is 6. The van der Waals surface area contributed by atoms with Crippen LogP contribution in [0.25, 0.3) is 17.0 Å². The number of fused-ring (bicyclic) bond motifs is 3. The van der Waals surface area contributed by atoms with Crippen LogP contribution in [-0.4, -0.2) is 45.9 Å². The zero-order valence-electron chi connectivity index (χ0n) is 14.2. The van der Waals surface area contributed by atoms with Gasteiger partial charge in [0.1, 0.15) is 17.5 Å². The van der Waals surface area contributed by atoms with E-state index in [1.54, 1.807) is 6.07 Å². The maximum atomic E-state index is 12.5. The minimum absolute atomic E-state index is 0.103. The molecule has 1 aliphatic rings. The third kappa shape index (κ3) is 3.20. The first kappa shape index (κ1) is 17.7. The van der Waals surface area contributed by atoms with E-state index in [0.29, 0.717) is 29.2 Å². The minimum atomic E-state index is -4.79. The zero-order chi connectivity index (χ0) is 19.3. The summed E-state index contributed by atoms with van der Waals surface area (Å²) in [6.45, 7) is 2.53. The number of nitrogens with zero attached hydrogens (tertiary/aromatic N) is 5. The highest BCUT2D eigenvalue weighted by Gasteiger charge is 2.32. The van der Waals surface area contributed by atoms with Crippen molar-refractivity contribution in [3.63, 3.8) is 0 Å². The summed E-state index contributed by atoms with van der Waals surface area (Å²) in [5.41, 5.74) is 1.25. The molecule has 0 saturated heterocycles. The number of benzene rings is 1. The van der Waals surface area contributed by atoms with Crippen molar-refractivity contribution in [2.24, 2.45) is 0 Å². The van der Waals surface area contributed by atoms with E-state index in [1.807, 2.05) is 18.9 Å². The zero-order valence-corrected chi connectivity index (χ0v) is 14.9. The number of aromatic nitrogens is 4. The van der Waals surface area contributed by atoms with Crippen molar-refractivity contribution < 1.29 is 22.6 Å². The molecule has 27 heavy (non-hydrogen) atoms. The van der Waals surface area contributed by atoms with E-state index in [1.165, 1.54) is 22.7 Å². The average molecular weight is 400 g/mol. The maximum Gasteiger partial charge on any atom is 0.573 e. The molecule has 0 radical (unpaired) electrons. The van der Waals surface area contributed by atoms with Gasteiger partial charge in [0.2, 0.25) is 5.65 Å². The summed E-state index contributed by atoms with van der Waals surface area (Å²) in [6, 6.07) is 5.39. The van der Waals surface area contributed by atoms with Gasteiger partial charge in [-0.1, -0.05) is 23.7 Å². The van der Waals surface area contributed by atoms with E-state index in [2.05, 4.69) is 20.0 Å². The van der Waals surface area contributed by atoms with Crippen LogP contribution in [0, 0.1) is 0 Å². The number of anilines is 1. The molecule has 1 unspecified atom stereocenters. The number of alkyl halides is 3. The Bertz CT molecular complexity index is 1020. The third-order valence-electron chi connectivity index (χ3n) is 4.00. The van der Waals surface area contributed by atoms with E-state index in [4.69, 9.17) is 16.3 Å². The summed E-state index contributed by atoms with van der Waals surface area (Å²) in [5.74, 6) is 0.273. The number of hydrogen-bond donors (Lipinski definition) is 0. The molecule has 4 rings (SSSR count). The lowest BCUT2D eigenvalue weighted by molar-refractivity contribution is -0.274.